The van der Waals surface area contributed by atoms with Crippen LogP contribution in [0.25, 0.3) is 0 Å². The van der Waals surface area contributed by atoms with Crippen molar-refractivity contribution in [1.29, 1.82) is 0 Å². The molecule has 1 aromatic carbocycles. The Kier molecular flexibility index (Phi) is 3.83. The molecule has 1 atom stereocenters. The number of alkyl halides is 3. The Morgan fingerprint density at radius 1 is 1.29 bits per heavy atom. The first-order valence-electron chi connectivity index (χ1n) is 4.44. The summed E-state index contributed by atoms with van der Waals surface area (Å²) in [5, 5.41) is 18.1. The molecule has 2 N–H and O–H groups in total. The number of rotatable bonds is 3. The molecular formula is C10H8BrF3O3. The van der Waals surface area contributed by atoms with Gasteiger partial charge in [-0.05, 0) is 6.07 Å². The predicted octanol–water partition coefficient (Wildman–Crippen LogP) is 2.67. The highest BCUT2D eigenvalue weighted by molar-refractivity contribution is 9.10. The molecule has 0 radical (unpaired) electrons. The Morgan fingerprint density at radius 3 is 2.24 bits per heavy atom. The summed E-state index contributed by atoms with van der Waals surface area (Å²) in [4.78, 5) is 10.5. The summed E-state index contributed by atoms with van der Waals surface area (Å²) in [5.41, 5.74) is -3.92. The van der Waals surface area contributed by atoms with Crippen LogP contribution in [0.15, 0.2) is 28.7 Å². The molecule has 0 amide bonds. The van der Waals surface area contributed by atoms with Gasteiger partial charge in [-0.15, -0.1) is 0 Å². The van der Waals surface area contributed by atoms with Crippen LogP contribution in [0.3, 0.4) is 0 Å². The molecule has 0 saturated heterocycles. The lowest BCUT2D eigenvalue weighted by Gasteiger charge is -2.30. The third-order valence-electron chi connectivity index (χ3n) is 2.20. The van der Waals surface area contributed by atoms with Gasteiger partial charge in [0.1, 0.15) is 0 Å². The van der Waals surface area contributed by atoms with Crippen molar-refractivity contribution in [3.63, 3.8) is 0 Å². The molecule has 0 aromatic heterocycles. The third-order valence-corrected chi connectivity index (χ3v) is 2.89. The van der Waals surface area contributed by atoms with Gasteiger partial charge in [0.2, 0.25) is 0 Å². The number of hydrogen-bond acceptors (Lipinski definition) is 2. The number of hydrogen-bond donors (Lipinski definition) is 2. The molecule has 0 aliphatic rings. The van der Waals surface area contributed by atoms with Gasteiger partial charge in [-0.2, -0.15) is 13.2 Å². The second-order valence-electron chi connectivity index (χ2n) is 3.41. The molecule has 1 rings (SSSR count). The van der Waals surface area contributed by atoms with Gasteiger partial charge in [-0.25, -0.2) is 0 Å². The smallest absolute Gasteiger partial charge is 0.422 e. The van der Waals surface area contributed by atoms with E-state index in [9.17, 15) is 23.1 Å². The van der Waals surface area contributed by atoms with E-state index in [0.29, 0.717) is 0 Å². The van der Waals surface area contributed by atoms with Crippen LogP contribution in [-0.4, -0.2) is 22.4 Å². The van der Waals surface area contributed by atoms with Gasteiger partial charge in [-0.3, -0.25) is 4.79 Å². The lowest BCUT2D eigenvalue weighted by molar-refractivity contribution is -0.269. The number of aliphatic carboxylic acids is 1. The van der Waals surface area contributed by atoms with Crippen LogP contribution in [0.4, 0.5) is 13.2 Å². The van der Waals surface area contributed by atoms with E-state index in [-0.39, 0.29) is 4.47 Å². The Bertz CT molecular complexity index is 433. The number of halogens is 4. The molecule has 1 aromatic rings. The van der Waals surface area contributed by atoms with Crippen LogP contribution in [0.2, 0.25) is 0 Å². The molecule has 0 saturated carbocycles. The molecular weight excluding hydrogens is 305 g/mol. The van der Waals surface area contributed by atoms with E-state index in [0.717, 1.165) is 6.07 Å². The number of carboxylic acid groups (broad SMARTS) is 1. The summed E-state index contributed by atoms with van der Waals surface area (Å²) in [6.07, 6.45) is -6.52. The Balaban J connectivity index is 3.35. The summed E-state index contributed by atoms with van der Waals surface area (Å²) in [6.45, 7) is 0. The van der Waals surface area contributed by atoms with E-state index in [2.05, 4.69) is 15.9 Å². The summed E-state index contributed by atoms with van der Waals surface area (Å²) in [6, 6.07) is 5.08. The fourth-order valence-electron chi connectivity index (χ4n) is 1.36. The first-order valence-corrected chi connectivity index (χ1v) is 5.23. The Morgan fingerprint density at radius 2 is 1.82 bits per heavy atom. The lowest BCUT2D eigenvalue weighted by Crippen LogP contribution is -2.44. The molecule has 3 nitrogen and oxygen atoms in total. The Hall–Kier alpha value is -1.08. The molecule has 0 aliphatic carbocycles. The molecule has 0 spiro atoms. The predicted molar refractivity (Wildman–Crippen MR) is 56.3 cm³/mol. The highest BCUT2D eigenvalue weighted by Gasteiger charge is 2.56. The third kappa shape index (κ3) is 2.78. The van der Waals surface area contributed by atoms with E-state index in [1.54, 1.807) is 0 Å². The molecule has 1 unspecified atom stereocenters. The van der Waals surface area contributed by atoms with Crippen LogP contribution in [0.1, 0.15) is 12.0 Å². The van der Waals surface area contributed by atoms with E-state index >= 15 is 0 Å². The van der Waals surface area contributed by atoms with Crippen molar-refractivity contribution in [2.45, 2.75) is 18.2 Å². The van der Waals surface area contributed by atoms with Crippen molar-refractivity contribution in [3.8, 4) is 0 Å². The van der Waals surface area contributed by atoms with Crippen LogP contribution < -0.4 is 0 Å². The maximum absolute atomic E-state index is 12.8. The van der Waals surface area contributed by atoms with Crippen molar-refractivity contribution < 1.29 is 28.2 Å². The van der Waals surface area contributed by atoms with Crippen molar-refractivity contribution in [2.75, 3.05) is 0 Å². The zero-order valence-corrected chi connectivity index (χ0v) is 9.92. The monoisotopic (exact) mass is 312 g/mol. The van der Waals surface area contributed by atoms with Gasteiger partial charge in [0.15, 0.2) is 5.60 Å². The molecule has 94 valence electrons. The van der Waals surface area contributed by atoms with Gasteiger partial charge in [0.25, 0.3) is 0 Å². The molecule has 7 heteroatoms. The summed E-state index contributed by atoms with van der Waals surface area (Å²) in [7, 11) is 0. The maximum atomic E-state index is 12.8. The van der Waals surface area contributed by atoms with Gasteiger partial charge in [0, 0.05) is 10.0 Å². The largest absolute Gasteiger partial charge is 0.481 e. The molecule has 0 heterocycles. The Labute approximate surface area is 103 Å². The van der Waals surface area contributed by atoms with Crippen LogP contribution >= 0.6 is 15.9 Å². The first-order chi connectivity index (χ1) is 7.68. The summed E-state index contributed by atoms with van der Waals surface area (Å²) in [5.74, 6) is -1.74. The normalized spacial score (nSPS) is 15.4. The van der Waals surface area contributed by atoms with Crippen molar-refractivity contribution in [3.05, 3.63) is 34.3 Å². The van der Waals surface area contributed by atoms with Crippen molar-refractivity contribution in [1.82, 2.24) is 0 Å². The molecule has 17 heavy (non-hydrogen) atoms. The zero-order chi connectivity index (χ0) is 13.3. The average Bonchev–Trinajstić information content (AvgIpc) is 2.15. The topological polar surface area (TPSA) is 57.5 Å². The fourth-order valence-corrected chi connectivity index (χ4v) is 1.98. The number of benzene rings is 1. The highest BCUT2D eigenvalue weighted by atomic mass is 79.9. The van der Waals surface area contributed by atoms with Crippen LogP contribution in [-0.2, 0) is 10.4 Å². The average molecular weight is 313 g/mol. The second-order valence-corrected chi connectivity index (χ2v) is 4.26. The molecule has 0 bridgehead atoms. The fraction of sp³-hybridized carbons (Fsp3) is 0.300. The first kappa shape index (κ1) is 14.0. The second kappa shape index (κ2) is 4.66. The molecule has 0 fully saturated rings. The van der Waals surface area contributed by atoms with Crippen molar-refractivity contribution >= 4 is 21.9 Å². The van der Waals surface area contributed by atoms with Crippen LogP contribution in [0, 0.1) is 0 Å². The van der Waals surface area contributed by atoms with E-state index in [4.69, 9.17) is 5.11 Å². The zero-order valence-electron chi connectivity index (χ0n) is 8.33. The number of carbonyl (C=O) groups is 1. The number of carboxylic acids is 1. The minimum Gasteiger partial charge on any atom is -0.481 e. The quantitative estimate of drug-likeness (QED) is 0.902. The van der Waals surface area contributed by atoms with Gasteiger partial charge < -0.3 is 10.2 Å². The van der Waals surface area contributed by atoms with E-state index < -0.39 is 29.7 Å². The number of aliphatic hydroxyl groups is 1. The summed E-state index contributed by atoms with van der Waals surface area (Å²) < 4.78 is 38.4. The minimum atomic E-state index is -5.07. The highest BCUT2D eigenvalue weighted by Crippen LogP contribution is 2.44. The van der Waals surface area contributed by atoms with Gasteiger partial charge in [-0.1, -0.05) is 34.1 Å². The lowest BCUT2D eigenvalue weighted by atomic mass is 9.90. The standard InChI is InChI=1S/C10H8BrF3O3/c11-7-4-2-1-3-6(7)9(17,5-8(15)16)10(12,13)14/h1-4,17H,5H2,(H,15,16). The van der Waals surface area contributed by atoms with E-state index in [1.165, 1.54) is 18.2 Å². The van der Waals surface area contributed by atoms with Crippen LogP contribution in [0.5, 0.6) is 0 Å². The maximum Gasteiger partial charge on any atom is 0.422 e. The molecule has 0 aliphatic heterocycles. The van der Waals surface area contributed by atoms with Gasteiger partial charge >= 0.3 is 12.1 Å². The minimum absolute atomic E-state index is 0.000995. The van der Waals surface area contributed by atoms with Gasteiger partial charge in [0.05, 0.1) is 6.42 Å². The van der Waals surface area contributed by atoms with Crippen molar-refractivity contribution in [2.24, 2.45) is 0 Å². The SMILES string of the molecule is O=C(O)CC(O)(c1ccccc1Br)C(F)(F)F. The summed E-state index contributed by atoms with van der Waals surface area (Å²) >= 11 is 2.86. The van der Waals surface area contributed by atoms with E-state index in [1.807, 2.05) is 0 Å².